The second-order valence-electron chi connectivity index (χ2n) is 7.10. The fourth-order valence-corrected chi connectivity index (χ4v) is 5.57. The maximum atomic E-state index is 13.3. The predicted octanol–water partition coefficient (Wildman–Crippen LogP) is 4.23. The summed E-state index contributed by atoms with van der Waals surface area (Å²) in [6.45, 7) is 0.814. The maximum Gasteiger partial charge on any atom is 0.253 e. The first kappa shape index (κ1) is 22.5. The van der Waals surface area contributed by atoms with E-state index in [0.29, 0.717) is 17.9 Å². The van der Waals surface area contributed by atoms with Gasteiger partial charge in [0.1, 0.15) is 10.1 Å². The summed E-state index contributed by atoms with van der Waals surface area (Å²) < 4.78 is 17.4. The van der Waals surface area contributed by atoms with Gasteiger partial charge < -0.3 is 14.2 Å². The van der Waals surface area contributed by atoms with Crippen molar-refractivity contribution in [3.63, 3.8) is 0 Å². The molecule has 168 valence electrons. The average Bonchev–Trinajstić information content (AvgIpc) is 3.52. The summed E-state index contributed by atoms with van der Waals surface area (Å²) >= 11 is 3.17. The minimum absolute atomic E-state index is 0.0661. The van der Waals surface area contributed by atoms with Crippen molar-refractivity contribution in [2.75, 3.05) is 39.4 Å². The molecule has 7 nitrogen and oxygen atoms in total. The molecule has 0 saturated carbocycles. The van der Waals surface area contributed by atoms with Gasteiger partial charge in [0.05, 0.1) is 45.4 Å². The highest BCUT2D eigenvalue weighted by Gasteiger charge is 2.35. The number of carbonyl (C=O) groups excluding carboxylic acids is 1. The van der Waals surface area contributed by atoms with Crippen molar-refractivity contribution in [2.45, 2.75) is 12.5 Å². The number of hydrogen-bond donors (Lipinski definition) is 0. The summed E-state index contributed by atoms with van der Waals surface area (Å²) in [6.07, 6.45) is 0.571. The molecule has 0 bridgehead atoms. The van der Waals surface area contributed by atoms with Crippen molar-refractivity contribution in [1.29, 1.82) is 0 Å². The van der Waals surface area contributed by atoms with Crippen LogP contribution in [0.1, 0.15) is 23.6 Å². The Morgan fingerprint density at radius 3 is 2.59 bits per heavy atom. The van der Waals surface area contributed by atoms with E-state index in [1.165, 1.54) is 11.8 Å². The number of hydrazone groups is 1. The number of hydrogen-bond acceptors (Lipinski definition) is 8. The molecule has 1 atom stereocenters. The van der Waals surface area contributed by atoms with Crippen LogP contribution in [0.15, 0.2) is 52.6 Å². The summed E-state index contributed by atoms with van der Waals surface area (Å²) in [5, 5.41) is 6.34. The number of rotatable bonds is 7. The molecule has 0 radical (unpaired) electrons. The van der Waals surface area contributed by atoms with Gasteiger partial charge >= 0.3 is 0 Å². The topological polar surface area (TPSA) is 72.7 Å². The Labute approximate surface area is 196 Å². The minimum Gasteiger partial charge on any atom is -0.497 e. The third-order valence-electron chi connectivity index (χ3n) is 5.26. The molecule has 0 aliphatic carbocycles. The largest absolute Gasteiger partial charge is 0.497 e. The van der Waals surface area contributed by atoms with Gasteiger partial charge in [-0.1, -0.05) is 35.7 Å². The Morgan fingerprint density at radius 1 is 1.12 bits per heavy atom. The van der Waals surface area contributed by atoms with Crippen LogP contribution in [0.4, 0.5) is 0 Å². The highest BCUT2D eigenvalue weighted by atomic mass is 32.2. The molecule has 2 aliphatic heterocycles. The van der Waals surface area contributed by atoms with Crippen LogP contribution in [0.25, 0.3) is 0 Å². The van der Waals surface area contributed by atoms with Crippen LogP contribution in [-0.2, 0) is 4.79 Å². The number of methoxy groups -OCH3 is 3. The Hall–Kier alpha value is -2.65. The Kier molecular flexibility index (Phi) is 7.26. The molecule has 0 unspecified atom stereocenters. The highest BCUT2D eigenvalue weighted by molar-refractivity contribution is 8.39. The number of aliphatic imine (C=N–C) groups is 1. The lowest BCUT2D eigenvalue weighted by molar-refractivity contribution is -0.130. The fraction of sp³-hybridized carbons (Fsp3) is 0.348. The number of benzene rings is 2. The zero-order valence-corrected chi connectivity index (χ0v) is 19.9. The normalized spacial score (nSPS) is 17.7. The monoisotopic (exact) mass is 471 g/mol. The molecule has 2 heterocycles. The molecule has 0 fully saturated rings. The van der Waals surface area contributed by atoms with Crippen molar-refractivity contribution >= 4 is 39.5 Å². The van der Waals surface area contributed by atoms with Crippen LogP contribution >= 0.6 is 23.5 Å². The highest BCUT2D eigenvalue weighted by Crippen LogP contribution is 2.42. The lowest BCUT2D eigenvalue weighted by atomic mass is 9.97. The number of ether oxygens (including phenoxy) is 3. The van der Waals surface area contributed by atoms with Crippen molar-refractivity contribution in [3.05, 3.63) is 53.6 Å². The van der Waals surface area contributed by atoms with E-state index in [9.17, 15) is 4.79 Å². The number of nitrogens with zero attached hydrogens (tertiary/aromatic N) is 3. The zero-order chi connectivity index (χ0) is 22.5. The van der Waals surface area contributed by atoms with Gasteiger partial charge in [-0.2, -0.15) is 5.10 Å². The van der Waals surface area contributed by atoms with Gasteiger partial charge in [0.25, 0.3) is 5.91 Å². The molecule has 0 N–H and O–H groups in total. The molecule has 32 heavy (non-hydrogen) atoms. The van der Waals surface area contributed by atoms with Crippen molar-refractivity contribution in [2.24, 2.45) is 10.1 Å². The first-order valence-electron chi connectivity index (χ1n) is 10.2. The third-order valence-corrected chi connectivity index (χ3v) is 7.50. The van der Waals surface area contributed by atoms with Gasteiger partial charge in [0, 0.05) is 17.7 Å². The van der Waals surface area contributed by atoms with Crippen LogP contribution in [0.2, 0.25) is 0 Å². The van der Waals surface area contributed by atoms with Gasteiger partial charge in [-0.15, -0.1) is 0 Å². The molecule has 0 spiro atoms. The molecular formula is C23H25N3O4S2. The maximum absolute atomic E-state index is 13.3. The molecular weight excluding hydrogens is 446 g/mol. The molecule has 2 aromatic carbocycles. The Balaban J connectivity index is 1.65. The van der Waals surface area contributed by atoms with E-state index in [1.807, 2.05) is 42.5 Å². The summed E-state index contributed by atoms with van der Waals surface area (Å²) in [7, 11) is 4.85. The quantitative estimate of drug-likeness (QED) is 0.602. The standard InChI is InChI=1S/C23H25N3O4S2/c1-28-16-9-7-15(8-10-16)18-13-19(17-5-4-6-20(29-2)22(17)30-3)26(25-18)21(27)14-32-23-24-11-12-31-23/h4-10,19H,11-14H2,1-3H3/t19-/m1/s1. The molecule has 4 rings (SSSR count). The first-order valence-corrected chi connectivity index (χ1v) is 12.2. The van der Waals surface area contributed by atoms with E-state index in [0.717, 1.165) is 39.3 Å². The van der Waals surface area contributed by atoms with Crippen LogP contribution in [-0.4, -0.2) is 60.4 Å². The average molecular weight is 472 g/mol. The minimum atomic E-state index is -0.288. The van der Waals surface area contributed by atoms with E-state index < -0.39 is 0 Å². The molecule has 2 aromatic rings. The van der Waals surface area contributed by atoms with Gasteiger partial charge in [-0.3, -0.25) is 9.79 Å². The summed E-state index contributed by atoms with van der Waals surface area (Å²) in [5.74, 6) is 3.22. The van der Waals surface area contributed by atoms with E-state index >= 15 is 0 Å². The molecule has 1 amide bonds. The van der Waals surface area contributed by atoms with Crippen LogP contribution in [0.5, 0.6) is 17.2 Å². The summed E-state index contributed by atoms with van der Waals surface area (Å²) in [4.78, 5) is 17.7. The van der Waals surface area contributed by atoms with Crippen LogP contribution in [0.3, 0.4) is 0 Å². The predicted molar refractivity (Wildman–Crippen MR) is 130 cm³/mol. The van der Waals surface area contributed by atoms with Crippen molar-refractivity contribution < 1.29 is 19.0 Å². The zero-order valence-electron chi connectivity index (χ0n) is 18.2. The van der Waals surface area contributed by atoms with E-state index in [-0.39, 0.29) is 17.7 Å². The second kappa shape index (κ2) is 10.3. The number of para-hydroxylation sites is 1. The van der Waals surface area contributed by atoms with Crippen molar-refractivity contribution in [1.82, 2.24) is 5.01 Å². The fourth-order valence-electron chi connectivity index (χ4n) is 3.71. The lowest BCUT2D eigenvalue weighted by Crippen LogP contribution is -2.29. The van der Waals surface area contributed by atoms with E-state index in [4.69, 9.17) is 19.3 Å². The van der Waals surface area contributed by atoms with Crippen LogP contribution in [0, 0.1) is 0 Å². The first-order chi connectivity index (χ1) is 15.6. The third kappa shape index (κ3) is 4.73. The molecule has 2 aliphatic rings. The number of amides is 1. The Bertz CT molecular complexity index is 1040. The lowest BCUT2D eigenvalue weighted by Gasteiger charge is -2.24. The SMILES string of the molecule is COc1ccc(C2=NN(C(=O)CSC3=NCCS3)[C@@H](c3cccc(OC)c3OC)C2)cc1. The van der Waals surface area contributed by atoms with E-state index in [1.54, 1.807) is 38.1 Å². The smallest absolute Gasteiger partial charge is 0.253 e. The van der Waals surface area contributed by atoms with Crippen molar-refractivity contribution in [3.8, 4) is 17.2 Å². The van der Waals surface area contributed by atoms with Crippen LogP contribution < -0.4 is 14.2 Å². The van der Waals surface area contributed by atoms with Gasteiger partial charge in [-0.25, -0.2) is 5.01 Å². The number of carbonyl (C=O) groups is 1. The molecule has 9 heteroatoms. The summed E-state index contributed by atoms with van der Waals surface area (Å²) in [5.41, 5.74) is 2.66. The van der Waals surface area contributed by atoms with Gasteiger partial charge in [0.2, 0.25) is 0 Å². The summed E-state index contributed by atoms with van der Waals surface area (Å²) in [6, 6.07) is 13.1. The molecule has 0 saturated heterocycles. The Morgan fingerprint density at radius 2 is 1.94 bits per heavy atom. The van der Waals surface area contributed by atoms with E-state index in [2.05, 4.69) is 4.99 Å². The van der Waals surface area contributed by atoms with Gasteiger partial charge in [0.15, 0.2) is 11.5 Å². The number of thioether (sulfide) groups is 2. The second-order valence-corrected chi connectivity index (χ2v) is 9.41. The molecule has 0 aromatic heterocycles. The van der Waals surface area contributed by atoms with Gasteiger partial charge in [-0.05, 0) is 35.9 Å².